The molecule has 1 amide bonds. The predicted molar refractivity (Wildman–Crippen MR) is 147 cm³/mol. The Balaban J connectivity index is 1.78. The number of anilines is 2. The molecule has 0 saturated carbocycles. The van der Waals surface area contributed by atoms with Crippen LogP contribution in [0.5, 0.6) is 0 Å². The van der Waals surface area contributed by atoms with Gasteiger partial charge in [0.2, 0.25) is 0 Å². The Kier molecular flexibility index (Phi) is 7.76. The summed E-state index contributed by atoms with van der Waals surface area (Å²) < 4.78 is 29.0. The van der Waals surface area contributed by atoms with Crippen LogP contribution in [-0.4, -0.2) is 20.1 Å². The van der Waals surface area contributed by atoms with Crippen molar-refractivity contribution in [1.29, 1.82) is 0 Å². The maximum atomic E-state index is 13.9. The predicted octanol–water partition coefficient (Wildman–Crippen LogP) is 6.50. The van der Waals surface area contributed by atoms with Crippen LogP contribution in [0.2, 0.25) is 5.02 Å². The van der Waals surface area contributed by atoms with Crippen LogP contribution >= 0.6 is 11.6 Å². The van der Waals surface area contributed by atoms with Gasteiger partial charge in [0.15, 0.2) is 5.78 Å². The Morgan fingerprint density at radius 1 is 0.865 bits per heavy atom. The van der Waals surface area contributed by atoms with E-state index in [1.165, 1.54) is 11.2 Å². The highest BCUT2D eigenvalue weighted by Crippen LogP contribution is 2.30. The molecule has 0 spiro atoms. The fourth-order valence-corrected chi connectivity index (χ4v) is 5.39. The summed E-state index contributed by atoms with van der Waals surface area (Å²) in [5, 5.41) is 3.32. The number of hydrogen-bond acceptors (Lipinski definition) is 4. The van der Waals surface area contributed by atoms with Gasteiger partial charge in [-0.15, -0.1) is 0 Å². The van der Waals surface area contributed by atoms with Crippen molar-refractivity contribution < 1.29 is 18.0 Å². The van der Waals surface area contributed by atoms with Crippen molar-refractivity contribution >= 4 is 44.7 Å². The first-order valence-corrected chi connectivity index (χ1v) is 13.3. The van der Waals surface area contributed by atoms with E-state index in [2.05, 4.69) is 5.32 Å². The molecule has 37 heavy (non-hydrogen) atoms. The Labute approximate surface area is 221 Å². The molecule has 0 aromatic heterocycles. The lowest BCUT2D eigenvalue weighted by Gasteiger charge is -2.27. The molecule has 4 aromatic rings. The standard InChI is InChI=1S/C29H25ClN2O4S/c1-20-10-16-26(17-11-20)37(35,36)32(19-22-12-14-24(30)15-13-22)28-9-4-3-8-27(28)29(34)31-25-7-5-6-23(18-25)21(2)33/h3-18H,19H2,1-2H3,(H,31,34). The number of para-hydroxylation sites is 1. The minimum atomic E-state index is -4.05. The van der Waals surface area contributed by atoms with E-state index in [0.717, 1.165) is 5.56 Å². The fourth-order valence-electron chi connectivity index (χ4n) is 3.79. The molecule has 4 rings (SSSR count). The molecule has 4 aromatic carbocycles. The molecule has 0 aliphatic rings. The van der Waals surface area contributed by atoms with E-state index < -0.39 is 15.9 Å². The molecule has 0 unspecified atom stereocenters. The summed E-state index contributed by atoms with van der Waals surface area (Å²) in [5.74, 6) is -0.633. The largest absolute Gasteiger partial charge is 0.322 e. The van der Waals surface area contributed by atoms with Crippen molar-refractivity contribution in [1.82, 2.24) is 0 Å². The third-order valence-corrected chi connectivity index (χ3v) is 7.82. The zero-order chi connectivity index (χ0) is 26.6. The van der Waals surface area contributed by atoms with Crippen LogP contribution in [0.1, 0.15) is 38.8 Å². The molecule has 188 valence electrons. The number of sulfonamides is 1. The lowest BCUT2D eigenvalue weighted by atomic mass is 10.1. The summed E-state index contributed by atoms with van der Waals surface area (Å²) in [6, 6.07) is 26.5. The second kappa shape index (κ2) is 11.0. The molecule has 0 radical (unpaired) electrons. The van der Waals surface area contributed by atoms with E-state index in [0.29, 0.717) is 21.8 Å². The lowest BCUT2D eigenvalue weighted by molar-refractivity contribution is 0.101. The topological polar surface area (TPSA) is 83.6 Å². The van der Waals surface area contributed by atoms with Crippen LogP contribution in [0.25, 0.3) is 0 Å². The van der Waals surface area contributed by atoms with Gasteiger partial charge in [-0.3, -0.25) is 13.9 Å². The molecule has 0 fully saturated rings. The van der Waals surface area contributed by atoms with Gasteiger partial charge in [0, 0.05) is 16.3 Å². The first kappa shape index (κ1) is 26.1. The van der Waals surface area contributed by atoms with Gasteiger partial charge in [0.05, 0.1) is 22.7 Å². The number of nitrogens with one attached hydrogen (secondary N) is 1. The highest BCUT2D eigenvalue weighted by atomic mass is 35.5. The molecule has 0 saturated heterocycles. The first-order valence-electron chi connectivity index (χ1n) is 11.5. The molecule has 0 aliphatic carbocycles. The van der Waals surface area contributed by atoms with E-state index in [1.807, 2.05) is 6.92 Å². The summed E-state index contributed by atoms with van der Waals surface area (Å²) in [4.78, 5) is 25.3. The van der Waals surface area contributed by atoms with Gasteiger partial charge in [0.1, 0.15) is 0 Å². The Morgan fingerprint density at radius 3 is 2.22 bits per heavy atom. The summed E-state index contributed by atoms with van der Waals surface area (Å²) in [6.45, 7) is 3.31. The second-order valence-corrected chi connectivity index (χ2v) is 10.9. The summed E-state index contributed by atoms with van der Waals surface area (Å²) in [6.07, 6.45) is 0. The molecule has 0 bridgehead atoms. The van der Waals surface area contributed by atoms with Gasteiger partial charge in [-0.1, -0.05) is 65.7 Å². The Hall–Kier alpha value is -3.94. The molecular weight excluding hydrogens is 508 g/mol. The van der Waals surface area contributed by atoms with Crippen molar-refractivity contribution in [2.24, 2.45) is 0 Å². The minimum absolute atomic E-state index is 0.0164. The lowest BCUT2D eigenvalue weighted by Crippen LogP contribution is -2.32. The van der Waals surface area contributed by atoms with Gasteiger partial charge in [-0.05, 0) is 67.9 Å². The summed E-state index contributed by atoms with van der Waals surface area (Å²) in [7, 11) is -4.05. The SMILES string of the molecule is CC(=O)c1cccc(NC(=O)c2ccccc2N(Cc2ccc(Cl)cc2)S(=O)(=O)c2ccc(C)cc2)c1. The average Bonchev–Trinajstić information content (AvgIpc) is 2.88. The number of hydrogen-bond donors (Lipinski definition) is 1. The van der Waals surface area contributed by atoms with Gasteiger partial charge < -0.3 is 5.32 Å². The van der Waals surface area contributed by atoms with E-state index >= 15 is 0 Å². The van der Waals surface area contributed by atoms with Gasteiger partial charge in [0.25, 0.3) is 15.9 Å². The number of ketones is 1. The smallest absolute Gasteiger partial charge is 0.264 e. The highest BCUT2D eigenvalue weighted by Gasteiger charge is 2.28. The third-order valence-electron chi connectivity index (χ3n) is 5.79. The fraction of sp³-hybridized carbons (Fsp3) is 0.103. The van der Waals surface area contributed by atoms with Crippen molar-refractivity contribution in [2.75, 3.05) is 9.62 Å². The third kappa shape index (κ3) is 6.07. The van der Waals surface area contributed by atoms with Crippen LogP contribution in [0, 0.1) is 6.92 Å². The van der Waals surface area contributed by atoms with E-state index in [4.69, 9.17) is 11.6 Å². The molecule has 1 N–H and O–H groups in total. The number of Topliss-reactive ketones (excluding diaryl/α,β-unsaturated/α-hetero) is 1. The molecule has 0 aliphatic heterocycles. The average molecular weight is 533 g/mol. The first-order chi connectivity index (χ1) is 17.6. The normalized spacial score (nSPS) is 11.1. The summed E-state index contributed by atoms with van der Waals surface area (Å²) >= 11 is 6.03. The number of carbonyl (C=O) groups excluding carboxylic acids is 2. The number of aryl methyl sites for hydroxylation is 1. The number of carbonyl (C=O) groups is 2. The zero-order valence-corrected chi connectivity index (χ0v) is 21.9. The minimum Gasteiger partial charge on any atom is -0.322 e. The van der Waals surface area contributed by atoms with E-state index in [1.54, 1.807) is 97.1 Å². The monoisotopic (exact) mass is 532 g/mol. The number of halogens is 1. The Bertz CT molecular complexity index is 1550. The molecule has 6 nitrogen and oxygen atoms in total. The maximum Gasteiger partial charge on any atom is 0.264 e. The van der Waals surface area contributed by atoms with Crippen molar-refractivity contribution in [3.63, 3.8) is 0 Å². The van der Waals surface area contributed by atoms with Crippen molar-refractivity contribution in [3.8, 4) is 0 Å². The summed E-state index contributed by atoms with van der Waals surface area (Å²) in [5.41, 5.74) is 2.90. The number of rotatable bonds is 8. The van der Waals surface area contributed by atoms with Gasteiger partial charge in [-0.25, -0.2) is 8.42 Å². The second-order valence-electron chi connectivity index (χ2n) is 8.56. The molecule has 8 heteroatoms. The molecule has 0 heterocycles. The Morgan fingerprint density at radius 2 is 1.54 bits per heavy atom. The number of nitrogens with zero attached hydrogens (tertiary/aromatic N) is 1. The van der Waals surface area contributed by atoms with Crippen LogP contribution in [-0.2, 0) is 16.6 Å². The maximum absolute atomic E-state index is 13.9. The van der Waals surface area contributed by atoms with Crippen molar-refractivity contribution in [2.45, 2.75) is 25.3 Å². The van der Waals surface area contributed by atoms with Crippen LogP contribution in [0.4, 0.5) is 11.4 Å². The van der Waals surface area contributed by atoms with Gasteiger partial charge >= 0.3 is 0 Å². The number of benzene rings is 4. The quantitative estimate of drug-likeness (QED) is 0.263. The van der Waals surface area contributed by atoms with Crippen LogP contribution in [0.3, 0.4) is 0 Å². The number of amides is 1. The van der Waals surface area contributed by atoms with Gasteiger partial charge in [-0.2, -0.15) is 0 Å². The van der Waals surface area contributed by atoms with Crippen LogP contribution in [0.15, 0.2) is 102 Å². The molecule has 0 atom stereocenters. The van der Waals surface area contributed by atoms with Crippen LogP contribution < -0.4 is 9.62 Å². The highest BCUT2D eigenvalue weighted by molar-refractivity contribution is 7.92. The molecular formula is C29H25ClN2O4S. The zero-order valence-electron chi connectivity index (χ0n) is 20.3. The van der Waals surface area contributed by atoms with E-state index in [-0.39, 0.29) is 28.5 Å². The van der Waals surface area contributed by atoms with E-state index in [9.17, 15) is 18.0 Å². The van der Waals surface area contributed by atoms with Crippen molar-refractivity contribution in [3.05, 3.63) is 124 Å².